The van der Waals surface area contributed by atoms with Gasteiger partial charge in [0.05, 0.1) is 6.04 Å². The van der Waals surface area contributed by atoms with Gasteiger partial charge in [0.1, 0.15) is 18.2 Å². The summed E-state index contributed by atoms with van der Waals surface area (Å²) in [5.74, 6) is 2.23. The highest BCUT2D eigenvalue weighted by Crippen LogP contribution is 2.35. The van der Waals surface area contributed by atoms with E-state index in [-0.39, 0.29) is 12.1 Å². The van der Waals surface area contributed by atoms with Crippen molar-refractivity contribution in [2.45, 2.75) is 51.2 Å². The van der Waals surface area contributed by atoms with Crippen LogP contribution in [0.5, 0.6) is 5.88 Å². The highest BCUT2D eigenvalue weighted by atomic mass is 35.5. The van der Waals surface area contributed by atoms with Gasteiger partial charge in [0.25, 0.3) is 0 Å². The van der Waals surface area contributed by atoms with Crippen LogP contribution < -0.4 is 10.1 Å². The van der Waals surface area contributed by atoms with E-state index in [1.807, 2.05) is 12.1 Å². The molecule has 0 bridgehead atoms. The molecule has 1 aromatic heterocycles. The Bertz CT molecular complexity index is 736. The highest BCUT2D eigenvalue weighted by molar-refractivity contribution is 6.30. The van der Waals surface area contributed by atoms with E-state index in [1.165, 1.54) is 17.5 Å². The first-order valence-electron chi connectivity index (χ1n) is 8.71. The third-order valence-corrected chi connectivity index (χ3v) is 5.32. The fraction of sp³-hybridized carbons (Fsp3) is 0.474. The molecule has 5 heteroatoms. The molecule has 0 saturated heterocycles. The zero-order valence-electron chi connectivity index (χ0n) is 13.8. The molecule has 24 heavy (non-hydrogen) atoms. The Morgan fingerprint density at radius 3 is 2.92 bits per heavy atom. The fourth-order valence-electron chi connectivity index (χ4n) is 3.83. The SMILES string of the molecule is C[C@H]1CC[C@H](Oc2cc(N[C@H]3CCc4cc(Cl)ccc43)ncn2)C1. The Labute approximate surface area is 147 Å². The van der Waals surface area contributed by atoms with E-state index in [4.69, 9.17) is 16.3 Å². The van der Waals surface area contributed by atoms with Gasteiger partial charge in [0.15, 0.2) is 0 Å². The first-order chi connectivity index (χ1) is 11.7. The number of nitrogens with zero attached hydrogens (tertiary/aromatic N) is 2. The molecule has 0 amide bonds. The third-order valence-electron chi connectivity index (χ3n) is 5.08. The molecule has 1 fully saturated rings. The van der Waals surface area contributed by atoms with Crippen molar-refractivity contribution in [3.8, 4) is 5.88 Å². The summed E-state index contributed by atoms with van der Waals surface area (Å²) in [6.45, 7) is 2.28. The normalized spacial score (nSPS) is 25.5. The molecule has 2 aliphatic rings. The smallest absolute Gasteiger partial charge is 0.218 e. The van der Waals surface area contributed by atoms with E-state index in [0.29, 0.717) is 5.88 Å². The Morgan fingerprint density at radius 2 is 2.08 bits per heavy atom. The summed E-state index contributed by atoms with van der Waals surface area (Å²) in [7, 11) is 0. The summed E-state index contributed by atoms with van der Waals surface area (Å²) in [5, 5.41) is 4.32. The van der Waals surface area contributed by atoms with Crippen LogP contribution in [0.2, 0.25) is 5.02 Å². The number of aromatic nitrogens is 2. The zero-order chi connectivity index (χ0) is 16.5. The van der Waals surface area contributed by atoms with E-state index in [1.54, 1.807) is 6.33 Å². The summed E-state index contributed by atoms with van der Waals surface area (Å²) < 4.78 is 6.03. The molecule has 2 aliphatic carbocycles. The van der Waals surface area contributed by atoms with Crippen molar-refractivity contribution in [2.24, 2.45) is 5.92 Å². The monoisotopic (exact) mass is 343 g/mol. The van der Waals surface area contributed by atoms with Crippen molar-refractivity contribution >= 4 is 17.4 Å². The number of hydrogen-bond donors (Lipinski definition) is 1. The van der Waals surface area contributed by atoms with Crippen LogP contribution in [-0.4, -0.2) is 16.1 Å². The molecule has 0 spiro atoms. The van der Waals surface area contributed by atoms with Crippen molar-refractivity contribution in [2.75, 3.05) is 5.32 Å². The van der Waals surface area contributed by atoms with Gasteiger partial charge in [-0.1, -0.05) is 24.6 Å². The van der Waals surface area contributed by atoms with Gasteiger partial charge < -0.3 is 10.1 Å². The molecule has 126 valence electrons. The molecular formula is C19H22ClN3O. The van der Waals surface area contributed by atoms with Crippen LogP contribution >= 0.6 is 11.6 Å². The maximum Gasteiger partial charge on any atom is 0.218 e. The highest BCUT2D eigenvalue weighted by Gasteiger charge is 2.25. The lowest BCUT2D eigenvalue weighted by molar-refractivity contribution is 0.197. The minimum absolute atomic E-state index is 0.270. The summed E-state index contributed by atoms with van der Waals surface area (Å²) in [5.41, 5.74) is 2.63. The number of anilines is 1. The second-order valence-electron chi connectivity index (χ2n) is 6.98. The van der Waals surface area contributed by atoms with Crippen LogP contribution in [0.15, 0.2) is 30.6 Å². The fourth-order valence-corrected chi connectivity index (χ4v) is 4.02. The Hall–Kier alpha value is -1.81. The predicted molar refractivity (Wildman–Crippen MR) is 95.6 cm³/mol. The van der Waals surface area contributed by atoms with E-state index in [9.17, 15) is 0 Å². The van der Waals surface area contributed by atoms with Gasteiger partial charge in [-0.2, -0.15) is 0 Å². The molecule has 0 radical (unpaired) electrons. The Morgan fingerprint density at radius 1 is 1.17 bits per heavy atom. The minimum Gasteiger partial charge on any atom is -0.474 e. The van der Waals surface area contributed by atoms with Crippen molar-refractivity contribution < 1.29 is 4.74 Å². The molecule has 3 atom stereocenters. The van der Waals surface area contributed by atoms with Crippen LogP contribution in [0.4, 0.5) is 5.82 Å². The Balaban J connectivity index is 1.45. The van der Waals surface area contributed by atoms with Crippen molar-refractivity contribution in [3.63, 3.8) is 0 Å². The van der Waals surface area contributed by atoms with Gasteiger partial charge in [-0.05, 0) is 61.3 Å². The number of ether oxygens (including phenoxy) is 1. The second-order valence-corrected chi connectivity index (χ2v) is 7.41. The van der Waals surface area contributed by atoms with Crippen LogP contribution in [-0.2, 0) is 6.42 Å². The number of rotatable bonds is 4. The number of halogens is 1. The van der Waals surface area contributed by atoms with Gasteiger partial charge >= 0.3 is 0 Å². The molecule has 1 aromatic carbocycles. The maximum absolute atomic E-state index is 6.09. The van der Waals surface area contributed by atoms with E-state index < -0.39 is 0 Å². The van der Waals surface area contributed by atoms with Gasteiger partial charge in [-0.3, -0.25) is 0 Å². The molecular weight excluding hydrogens is 322 g/mol. The molecule has 1 heterocycles. The van der Waals surface area contributed by atoms with Gasteiger partial charge in [0.2, 0.25) is 5.88 Å². The number of fused-ring (bicyclic) bond motifs is 1. The number of benzene rings is 1. The lowest BCUT2D eigenvalue weighted by Crippen LogP contribution is -2.14. The molecule has 0 unspecified atom stereocenters. The average molecular weight is 344 g/mol. The van der Waals surface area contributed by atoms with Crippen LogP contribution in [0.1, 0.15) is 49.8 Å². The maximum atomic E-state index is 6.09. The van der Waals surface area contributed by atoms with Crippen molar-refractivity contribution in [1.82, 2.24) is 9.97 Å². The Kier molecular flexibility index (Phi) is 4.31. The molecule has 0 aliphatic heterocycles. The van der Waals surface area contributed by atoms with E-state index >= 15 is 0 Å². The minimum atomic E-state index is 0.270. The van der Waals surface area contributed by atoms with Crippen LogP contribution in [0, 0.1) is 5.92 Å². The number of nitrogens with one attached hydrogen (secondary N) is 1. The topological polar surface area (TPSA) is 47.0 Å². The lowest BCUT2D eigenvalue weighted by atomic mass is 10.1. The number of aryl methyl sites for hydroxylation is 1. The summed E-state index contributed by atoms with van der Waals surface area (Å²) in [6.07, 6.45) is 7.43. The molecule has 4 nitrogen and oxygen atoms in total. The van der Waals surface area contributed by atoms with Crippen LogP contribution in [0.25, 0.3) is 0 Å². The zero-order valence-corrected chi connectivity index (χ0v) is 14.6. The predicted octanol–water partition coefficient (Wildman–Crippen LogP) is 4.80. The van der Waals surface area contributed by atoms with Gasteiger partial charge in [-0.25, -0.2) is 9.97 Å². The quantitative estimate of drug-likeness (QED) is 0.866. The summed E-state index contributed by atoms with van der Waals surface area (Å²) >= 11 is 6.09. The largest absolute Gasteiger partial charge is 0.474 e. The standard InChI is InChI=1S/C19H22ClN3O/c1-12-2-5-15(8-12)24-19-10-18(21-11-22-19)23-17-7-3-13-9-14(20)4-6-16(13)17/h4,6,9-12,15,17H,2-3,5,7-8H2,1H3,(H,21,22,23)/t12-,15-,17-/m0/s1. The molecule has 4 rings (SSSR count). The summed E-state index contributed by atoms with van der Waals surface area (Å²) in [4.78, 5) is 8.62. The van der Waals surface area contributed by atoms with Gasteiger partial charge in [-0.15, -0.1) is 0 Å². The number of hydrogen-bond acceptors (Lipinski definition) is 4. The first-order valence-corrected chi connectivity index (χ1v) is 9.09. The molecule has 1 saturated carbocycles. The van der Waals surface area contributed by atoms with E-state index in [2.05, 4.69) is 34.3 Å². The van der Waals surface area contributed by atoms with E-state index in [0.717, 1.165) is 42.4 Å². The van der Waals surface area contributed by atoms with Crippen molar-refractivity contribution in [3.05, 3.63) is 46.7 Å². The second kappa shape index (κ2) is 6.60. The van der Waals surface area contributed by atoms with Gasteiger partial charge in [0, 0.05) is 11.1 Å². The molecule has 1 N–H and O–H groups in total. The third kappa shape index (κ3) is 3.34. The van der Waals surface area contributed by atoms with Crippen molar-refractivity contribution in [1.29, 1.82) is 0 Å². The average Bonchev–Trinajstić information content (AvgIpc) is 3.14. The van der Waals surface area contributed by atoms with Crippen LogP contribution in [0.3, 0.4) is 0 Å². The lowest BCUT2D eigenvalue weighted by Gasteiger charge is -2.16. The first kappa shape index (κ1) is 15.7. The summed E-state index contributed by atoms with van der Waals surface area (Å²) in [6, 6.07) is 8.31. The molecule has 2 aromatic rings.